The molecule has 0 spiro atoms. The number of amides is 1. The summed E-state index contributed by atoms with van der Waals surface area (Å²) in [7, 11) is 1.75. The number of carbonyl (C=O) groups excluding carboxylic acids is 2. The van der Waals surface area contributed by atoms with Crippen LogP contribution in [0.3, 0.4) is 0 Å². The Morgan fingerprint density at radius 3 is 2.60 bits per heavy atom. The third kappa shape index (κ3) is 7.08. The van der Waals surface area contributed by atoms with Crippen molar-refractivity contribution >= 4 is 12.2 Å². The third-order valence-electron chi connectivity index (χ3n) is 2.25. The Morgan fingerprint density at radius 1 is 1.47 bits per heavy atom. The summed E-state index contributed by atoms with van der Waals surface area (Å²) in [5.74, 6) is 0.347. The van der Waals surface area contributed by atoms with Gasteiger partial charge in [-0.3, -0.25) is 4.79 Å². The fraction of sp³-hybridized carbons (Fsp3) is 0.818. The highest BCUT2D eigenvalue weighted by Crippen LogP contribution is 2.09. The maximum atomic E-state index is 11.5. The van der Waals surface area contributed by atoms with Gasteiger partial charge in [-0.25, -0.2) is 0 Å². The van der Waals surface area contributed by atoms with E-state index in [0.29, 0.717) is 18.9 Å². The van der Waals surface area contributed by atoms with Crippen molar-refractivity contribution in [3.8, 4) is 0 Å². The standard InChI is InChI=1S/C11H22N2O2/c1-4-5-9(2)6-11(15)13-10(8-14)7-12-3/h8-10,12H,4-7H2,1-3H3,(H,13,15)/t9?,10-/m0/s1. The van der Waals surface area contributed by atoms with Crippen LogP contribution in [0.1, 0.15) is 33.1 Å². The molecule has 0 radical (unpaired) electrons. The van der Waals surface area contributed by atoms with E-state index in [2.05, 4.69) is 24.5 Å². The Kier molecular flexibility index (Phi) is 7.91. The predicted octanol–water partition coefficient (Wildman–Crippen LogP) is 0.716. The van der Waals surface area contributed by atoms with E-state index in [4.69, 9.17) is 0 Å². The summed E-state index contributed by atoms with van der Waals surface area (Å²) in [4.78, 5) is 22.1. The highest BCUT2D eigenvalue weighted by atomic mass is 16.2. The van der Waals surface area contributed by atoms with Crippen LogP contribution in [-0.4, -0.2) is 31.8 Å². The van der Waals surface area contributed by atoms with Crippen LogP contribution in [0.5, 0.6) is 0 Å². The normalized spacial score (nSPS) is 14.3. The van der Waals surface area contributed by atoms with E-state index >= 15 is 0 Å². The SMILES string of the molecule is CCCC(C)CC(=O)N[C@H](C=O)CNC. The third-order valence-corrected chi connectivity index (χ3v) is 2.25. The number of likely N-dealkylation sites (N-methyl/N-ethyl adjacent to an activating group) is 1. The molecule has 88 valence electrons. The van der Waals surface area contributed by atoms with Crippen LogP contribution in [-0.2, 0) is 9.59 Å². The molecule has 2 atom stereocenters. The summed E-state index contributed by atoms with van der Waals surface area (Å²) in [5.41, 5.74) is 0. The van der Waals surface area contributed by atoms with E-state index in [9.17, 15) is 9.59 Å². The van der Waals surface area contributed by atoms with Crippen LogP contribution < -0.4 is 10.6 Å². The van der Waals surface area contributed by atoms with E-state index < -0.39 is 6.04 Å². The van der Waals surface area contributed by atoms with Gasteiger partial charge in [0, 0.05) is 13.0 Å². The molecule has 2 N–H and O–H groups in total. The van der Waals surface area contributed by atoms with Crippen LogP contribution in [0.15, 0.2) is 0 Å². The smallest absolute Gasteiger partial charge is 0.220 e. The molecule has 0 bridgehead atoms. The fourth-order valence-electron chi connectivity index (χ4n) is 1.53. The Bertz CT molecular complexity index is 195. The molecule has 1 unspecified atom stereocenters. The lowest BCUT2D eigenvalue weighted by Gasteiger charge is -2.14. The van der Waals surface area contributed by atoms with Crippen LogP contribution in [0.25, 0.3) is 0 Å². The molecule has 4 heteroatoms. The lowest BCUT2D eigenvalue weighted by Crippen LogP contribution is -2.42. The van der Waals surface area contributed by atoms with Gasteiger partial charge in [-0.2, -0.15) is 0 Å². The number of hydrogen-bond donors (Lipinski definition) is 2. The van der Waals surface area contributed by atoms with E-state index in [1.54, 1.807) is 7.05 Å². The highest BCUT2D eigenvalue weighted by Gasteiger charge is 2.12. The molecule has 0 heterocycles. The average Bonchev–Trinajstić information content (AvgIpc) is 2.17. The van der Waals surface area contributed by atoms with Crippen LogP contribution in [0.4, 0.5) is 0 Å². The minimum Gasteiger partial charge on any atom is -0.345 e. The van der Waals surface area contributed by atoms with Gasteiger partial charge in [-0.05, 0) is 13.0 Å². The first-order valence-electron chi connectivity index (χ1n) is 5.53. The van der Waals surface area contributed by atoms with E-state index in [0.717, 1.165) is 19.1 Å². The molecule has 0 aliphatic rings. The molecular formula is C11H22N2O2. The van der Waals surface area contributed by atoms with Gasteiger partial charge < -0.3 is 15.4 Å². The summed E-state index contributed by atoms with van der Waals surface area (Å²) in [6.07, 6.45) is 3.40. The maximum Gasteiger partial charge on any atom is 0.220 e. The lowest BCUT2D eigenvalue weighted by atomic mass is 10.0. The predicted molar refractivity (Wildman–Crippen MR) is 60.6 cm³/mol. The Hall–Kier alpha value is -0.900. The van der Waals surface area contributed by atoms with Gasteiger partial charge >= 0.3 is 0 Å². The zero-order valence-electron chi connectivity index (χ0n) is 9.88. The van der Waals surface area contributed by atoms with Gasteiger partial charge in [0.2, 0.25) is 5.91 Å². The molecule has 0 aliphatic heterocycles. The number of rotatable bonds is 8. The quantitative estimate of drug-likeness (QED) is 0.585. The number of hydrogen-bond acceptors (Lipinski definition) is 3. The highest BCUT2D eigenvalue weighted by molar-refractivity contribution is 5.79. The van der Waals surface area contributed by atoms with E-state index in [-0.39, 0.29) is 5.91 Å². The molecule has 1 amide bonds. The number of aldehydes is 1. The largest absolute Gasteiger partial charge is 0.345 e. The second kappa shape index (κ2) is 8.41. The van der Waals surface area contributed by atoms with Crippen molar-refractivity contribution < 1.29 is 9.59 Å². The second-order valence-corrected chi connectivity index (χ2v) is 3.97. The Morgan fingerprint density at radius 2 is 2.13 bits per heavy atom. The monoisotopic (exact) mass is 214 g/mol. The van der Waals surface area contributed by atoms with Crippen molar-refractivity contribution in [2.24, 2.45) is 5.92 Å². The van der Waals surface area contributed by atoms with Crippen molar-refractivity contribution in [1.82, 2.24) is 10.6 Å². The van der Waals surface area contributed by atoms with Crippen molar-refractivity contribution in [2.75, 3.05) is 13.6 Å². The first kappa shape index (κ1) is 14.1. The molecule has 0 aromatic carbocycles. The Labute approximate surface area is 91.8 Å². The number of nitrogens with one attached hydrogen (secondary N) is 2. The lowest BCUT2D eigenvalue weighted by molar-refractivity contribution is -0.124. The van der Waals surface area contributed by atoms with E-state index in [1.165, 1.54) is 0 Å². The first-order valence-corrected chi connectivity index (χ1v) is 5.53. The van der Waals surface area contributed by atoms with E-state index in [1.807, 2.05) is 0 Å². The summed E-state index contributed by atoms with van der Waals surface area (Å²) in [6, 6.07) is -0.406. The summed E-state index contributed by atoms with van der Waals surface area (Å²) < 4.78 is 0. The average molecular weight is 214 g/mol. The minimum absolute atomic E-state index is 0.0386. The molecule has 0 aromatic rings. The first-order chi connectivity index (χ1) is 7.13. The molecule has 4 nitrogen and oxygen atoms in total. The fourth-order valence-corrected chi connectivity index (χ4v) is 1.53. The molecule has 0 saturated heterocycles. The zero-order chi connectivity index (χ0) is 11.7. The van der Waals surface area contributed by atoms with Gasteiger partial charge in [-0.15, -0.1) is 0 Å². The molecule has 0 aromatic heterocycles. The summed E-state index contributed by atoms with van der Waals surface area (Å²) >= 11 is 0. The zero-order valence-corrected chi connectivity index (χ0v) is 9.88. The van der Waals surface area contributed by atoms with Gasteiger partial charge in [0.05, 0.1) is 6.04 Å². The Balaban J connectivity index is 3.84. The molecule has 0 fully saturated rings. The van der Waals surface area contributed by atoms with Crippen LogP contribution in [0, 0.1) is 5.92 Å². The van der Waals surface area contributed by atoms with Crippen molar-refractivity contribution in [2.45, 2.75) is 39.2 Å². The summed E-state index contributed by atoms with van der Waals surface area (Å²) in [5, 5.41) is 5.54. The van der Waals surface area contributed by atoms with Crippen LogP contribution >= 0.6 is 0 Å². The number of carbonyl (C=O) groups is 2. The van der Waals surface area contributed by atoms with Crippen LogP contribution in [0.2, 0.25) is 0 Å². The van der Waals surface area contributed by atoms with Crippen molar-refractivity contribution in [3.05, 3.63) is 0 Å². The maximum absolute atomic E-state index is 11.5. The molecule has 0 aliphatic carbocycles. The second-order valence-electron chi connectivity index (χ2n) is 3.97. The molecular weight excluding hydrogens is 192 g/mol. The van der Waals surface area contributed by atoms with Gasteiger partial charge in [0.15, 0.2) is 0 Å². The van der Waals surface area contributed by atoms with Gasteiger partial charge in [-0.1, -0.05) is 26.7 Å². The minimum atomic E-state index is -0.406. The van der Waals surface area contributed by atoms with Crippen molar-refractivity contribution in [3.63, 3.8) is 0 Å². The molecule has 0 saturated carbocycles. The summed E-state index contributed by atoms with van der Waals surface area (Å²) in [6.45, 7) is 4.64. The van der Waals surface area contributed by atoms with Crippen molar-refractivity contribution in [1.29, 1.82) is 0 Å². The topological polar surface area (TPSA) is 58.2 Å². The van der Waals surface area contributed by atoms with Gasteiger partial charge in [0.1, 0.15) is 6.29 Å². The van der Waals surface area contributed by atoms with Gasteiger partial charge in [0.25, 0.3) is 0 Å². The molecule has 0 rings (SSSR count). The molecule has 15 heavy (non-hydrogen) atoms.